The molecule has 0 aromatic heterocycles. The molecule has 1 aromatic rings. The molecule has 3 nitrogen and oxygen atoms in total. The molecule has 3 heteroatoms. The van der Waals surface area contributed by atoms with Gasteiger partial charge in [0.2, 0.25) is 0 Å². The first kappa shape index (κ1) is 15.0. The van der Waals surface area contributed by atoms with Crippen LogP contribution in [-0.4, -0.2) is 23.8 Å². The van der Waals surface area contributed by atoms with Gasteiger partial charge in [-0.15, -0.1) is 0 Å². The molecule has 0 saturated heterocycles. The highest BCUT2D eigenvalue weighted by Gasteiger charge is 2.29. The number of esters is 1. The highest BCUT2D eigenvalue weighted by molar-refractivity contribution is 5.91. The Morgan fingerprint density at radius 2 is 2.05 bits per heavy atom. The van der Waals surface area contributed by atoms with Crippen LogP contribution in [0.2, 0.25) is 0 Å². The third-order valence-electron chi connectivity index (χ3n) is 4.54. The second kappa shape index (κ2) is 5.96. The van der Waals surface area contributed by atoms with Crippen LogP contribution in [0.15, 0.2) is 18.2 Å². The van der Waals surface area contributed by atoms with Crippen molar-refractivity contribution in [3.8, 4) is 0 Å². The molecule has 0 heterocycles. The maximum atomic E-state index is 11.7. The number of carbonyl (C=O) groups excluding carboxylic acids is 1. The Balaban J connectivity index is 2.09. The van der Waals surface area contributed by atoms with Gasteiger partial charge in [0.25, 0.3) is 0 Å². The Bertz CT molecular complexity index is 481. The monoisotopic (exact) mass is 276 g/mol. The summed E-state index contributed by atoms with van der Waals surface area (Å²) in [5.41, 5.74) is 2.42. The van der Waals surface area contributed by atoms with Crippen molar-refractivity contribution in [2.45, 2.75) is 51.6 Å². The van der Waals surface area contributed by atoms with E-state index in [1.807, 2.05) is 26.0 Å². The second-order valence-electron chi connectivity index (χ2n) is 6.23. The molecule has 1 N–H and O–H groups in total. The van der Waals surface area contributed by atoms with E-state index in [2.05, 4.69) is 6.07 Å². The van der Waals surface area contributed by atoms with Crippen molar-refractivity contribution in [1.82, 2.24) is 0 Å². The van der Waals surface area contributed by atoms with Crippen LogP contribution in [0.1, 0.15) is 54.1 Å². The zero-order chi connectivity index (χ0) is 14.8. The number of rotatable bonds is 3. The van der Waals surface area contributed by atoms with Gasteiger partial charge in [-0.2, -0.15) is 0 Å². The van der Waals surface area contributed by atoms with Gasteiger partial charge in [0, 0.05) is 0 Å². The summed E-state index contributed by atoms with van der Waals surface area (Å²) in [5.74, 6) is 0.331. The number of hydrogen-bond donors (Lipinski definition) is 1. The fraction of sp³-hybridized carbons (Fsp3) is 0.588. The third kappa shape index (κ3) is 3.40. The molecular weight excluding hydrogens is 252 g/mol. The van der Waals surface area contributed by atoms with Crippen LogP contribution < -0.4 is 0 Å². The molecular formula is C17H24O3. The zero-order valence-electron chi connectivity index (χ0n) is 12.6. The lowest BCUT2D eigenvalue weighted by Crippen LogP contribution is -2.31. The predicted molar refractivity (Wildman–Crippen MR) is 78.8 cm³/mol. The molecule has 110 valence electrons. The Kier molecular flexibility index (Phi) is 4.48. The van der Waals surface area contributed by atoms with Crippen LogP contribution in [0.4, 0.5) is 0 Å². The molecule has 0 atom stereocenters. The summed E-state index contributed by atoms with van der Waals surface area (Å²) in [6.45, 7) is 3.91. The number of carbonyl (C=O) groups is 1. The molecule has 0 aliphatic heterocycles. The Labute approximate surface area is 121 Å². The lowest BCUT2D eigenvalue weighted by atomic mass is 9.77. The molecule has 0 bridgehead atoms. The van der Waals surface area contributed by atoms with Crippen LogP contribution in [0.5, 0.6) is 0 Å². The number of aliphatic hydroxyl groups is 1. The summed E-state index contributed by atoms with van der Waals surface area (Å²) in [4.78, 5) is 11.7. The first-order chi connectivity index (χ1) is 9.43. The van der Waals surface area contributed by atoms with Crippen LogP contribution in [0.3, 0.4) is 0 Å². The quantitative estimate of drug-likeness (QED) is 0.862. The summed E-state index contributed by atoms with van der Waals surface area (Å²) in [6.07, 6.45) is 4.82. The maximum Gasteiger partial charge on any atom is 0.338 e. The van der Waals surface area contributed by atoms with Crippen molar-refractivity contribution in [2.75, 3.05) is 7.11 Å². The molecule has 0 unspecified atom stereocenters. The molecule has 0 radical (unpaired) electrons. The SMILES string of the molecule is COC(=O)c1cccc(CC2CCC(C)(O)CC2)c1C. The average Bonchev–Trinajstić information content (AvgIpc) is 2.42. The average molecular weight is 276 g/mol. The van der Waals surface area contributed by atoms with Gasteiger partial charge in [-0.1, -0.05) is 12.1 Å². The fourth-order valence-corrected chi connectivity index (χ4v) is 3.05. The number of hydrogen-bond acceptors (Lipinski definition) is 3. The predicted octanol–water partition coefficient (Wildman–Crippen LogP) is 3.27. The first-order valence-corrected chi connectivity index (χ1v) is 7.32. The van der Waals surface area contributed by atoms with Crippen LogP contribution in [0, 0.1) is 12.8 Å². The Hall–Kier alpha value is -1.35. The summed E-state index contributed by atoms with van der Waals surface area (Å²) in [7, 11) is 1.41. The molecule has 20 heavy (non-hydrogen) atoms. The summed E-state index contributed by atoms with van der Waals surface area (Å²) in [6, 6.07) is 5.83. The van der Waals surface area contributed by atoms with Crippen LogP contribution in [-0.2, 0) is 11.2 Å². The van der Waals surface area contributed by atoms with Gasteiger partial charge in [-0.25, -0.2) is 4.79 Å². The Morgan fingerprint density at radius 3 is 2.65 bits per heavy atom. The van der Waals surface area contributed by atoms with E-state index in [1.54, 1.807) is 0 Å². The zero-order valence-corrected chi connectivity index (χ0v) is 12.6. The summed E-state index contributed by atoms with van der Waals surface area (Å²) >= 11 is 0. The van der Waals surface area contributed by atoms with Crippen LogP contribution >= 0.6 is 0 Å². The van der Waals surface area contributed by atoms with Gasteiger partial charge in [-0.05, 0) is 69.1 Å². The minimum absolute atomic E-state index is 0.268. The van der Waals surface area contributed by atoms with Crippen molar-refractivity contribution >= 4 is 5.97 Å². The van der Waals surface area contributed by atoms with E-state index >= 15 is 0 Å². The highest BCUT2D eigenvalue weighted by Crippen LogP contribution is 2.34. The van der Waals surface area contributed by atoms with E-state index in [4.69, 9.17) is 4.74 Å². The largest absolute Gasteiger partial charge is 0.465 e. The van der Waals surface area contributed by atoms with Gasteiger partial charge < -0.3 is 9.84 Å². The fourth-order valence-electron chi connectivity index (χ4n) is 3.05. The van der Waals surface area contributed by atoms with Gasteiger partial charge in [-0.3, -0.25) is 0 Å². The molecule has 1 saturated carbocycles. The van der Waals surface area contributed by atoms with Crippen LogP contribution in [0.25, 0.3) is 0 Å². The van der Waals surface area contributed by atoms with Gasteiger partial charge in [0.1, 0.15) is 0 Å². The maximum absolute atomic E-state index is 11.7. The number of benzene rings is 1. The molecule has 2 rings (SSSR count). The minimum atomic E-state index is -0.487. The molecule has 1 aliphatic carbocycles. The highest BCUT2D eigenvalue weighted by atomic mass is 16.5. The van der Waals surface area contributed by atoms with Gasteiger partial charge >= 0.3 is 5.97 Å². The molecule has 0 spiro atoms. The topological polar surface area (TPSA) is 46.5 Å². The van der Waals surface area contributed by atoms with E-state index < -0.39 is 5.60 Å². The van der Waals surface area contributed by atoms with Crippen molar-refractivity contribution in [2.24, 2.45) is 5.92 Å². The lowest BCUT2D eigenvalue weighted by Gasteiger charge is -2.33. The van der Waals surface area contributed by atoms with E-state index in [-0.39, 0.29) is 5.97 Å². The van der Waals surface area contributed by atoms with Crippen molar-refractivity contribution in [1.29, 1.82) is 0 Å². The number of methoxy groups -OCH3 is 1. The molecule has 1 aliphatic rings. The second-order valence-corrected chi connectivity index (χ2v) is 6.23. The van der Waals surface area contributed by atoms with Crippen molar-refractivity contribution in [3.63, 3.8) is 0 Å². The third-order valence-corrected chi connectivity index (χ3v) is 4.54. The van der Waals surface area contributed by atoms with Gasteiger partial charge in [0.15, 0.2) is 0 Å². The normalized spacial score (nSPS) is 26.3. The first-order valence-electron chi connectivity index (χ1n) is 7.32. The van der Waals surface area contributed by atoms with Gasteiger partial charge in [0.05, 0.1) is 18.3 Å². The van der Waals surface area contributed by atoms with E-state index in [1.165, 1.54) is 12.7 Å². The molecule has 0 amide bonds. The summed E-state index contributed by atoms with van der Waals surface area (Å²) < 4.78 is 4.82. The van der Waals surface area contributed by atoms with E-state index in [0.29, 0.717) is 11.5 Å². The summed E-state index contributed by atoms with van der Waals surface area (Å²) in [5, 5.41) is 10.0. The molecule has 1 fully saturated rings. The van der Waals surface area contributed by atoms with Crippen molar-refractivity contribution < 1.29 is 14.6 Å². The number of ether oxygens (including phenoxy) is 1. The van der Waals surface area contributed by atoms with Crippen molar-refractivity contribution in [3.05, 3.63) is 34.9 Å². The standard InChI is InChI=1S/C17H24O3/c1-12-14(5-4-6-15(12)16(18)20-3)11-13-7-9-17(2,19)10-8-13/h4-6,13,19H,7-11H2,1-3H3. The smallest absolute Gasteiger partial charge is 0.338 e. The van der Waals surface area contributed by atoms with E-state index in [9.17, 15) is 9.90 Å². The molecule has 1 aromatic carbocycles. The van der Waals surface area contributed by atoms with E-state index in [0.717, 1.165) is 37.7 Å². The minimum Gasteiger partial charge on any atom is -0.465 e. The lowest BCUT2D eigenvalue weighted by molar-refractivity contribution is 0.00811. The Morgan fingerprint density at radius 1 is 1.40 bits per heavy atom.